The number of rotatable bonds is 3. The van der Waals surface area contributed by atoms with Gasteiger partial charge in [0.05, 0.1) is 0 Å². The number of hydrogen-bond donors (Lipinski definition) is 0. The summed E-state index contributed by atoms with van der Waals surface area (Å²) in [4.78, 5) is 4.26. The normalized spacial score (nSPS) is 10.1. The molecule has 0 fully saturated rings. The molecular formula is C10H15ClN2Sn. The van der Waals surface area contributed by atoms with Crippen molar-refractivity contribution in [2.75, 3.05) is 38.0 Å². The monoisotopic (exact) mass is 318 g/mol. The molecule has 0 aliphatic heterocycles. The van der Waals surface area contributed by atoms with Gasteiger partial charge in [0.25, 0.3) is 0 Å². The fraction of sp³-hybridized carbons (Fsp3) is 0.400. The second-order valence-electron chi connectivity index (χ2n) is 3.55. The third-order valence-corrected chi connectivity index (χ3v) is 5.35. The Balaban J connectivity index is 3.25. The summed E-state index contributed by atoms with van der Waals surface area (Å²) in [6, 6.07) is 6.34. The first-order chi connectivity index (χ1) is 6.57. The third kappa shape index (κ3) is 2.48. The number of anilines is 2. The Labute approximate surface area is 99.8 Å². The van der Waals surface area contributed by atoms with Gasteiger partial charge in [0.2, 0.25) is 0 Å². The third-order valence-electron chi connectivity index (χ3n) is 2.08. The average Bonchev–Trinajstić information content (AvgIpc) is 2.16. The van der Waals surface area contributed by atoms with Crippen molar-refractivity contribution in [3.8, 4) is 0 Å². The van der Waals surface area contributed by atoms with Crippen LogP contribution in [-0.2, 0) is 0 Å². The van der Waals surface area contributed by atoms with Gasteiger partial charge in [0.1, 0.15) is 0 Å². The van der Waals surface area contributed by atoms with Crippen LogP contribution in [0.4, 0.5) is 11.4 Å². The van der Waals surface area contributed by atoms with E-state index >= 15 is 0 Å². The van der Waals surface area contributed by atoms with Gasteiger partial charge < -0.3 is 0 Å². The van der Waals surface area contributed by atoms with Crippen LogP contribution in [0.2, 0.25) is 0 Å². The fourth-order valence-corrected chi connectivity index (χ4v) is 4.97. The topological polar surface area (TPSA) is 6.48 Å². The van der Waals surface area contributed by atoms with Crippen molar-refractivity contribution >= 4 is 43.9 Å². The zero-order valence-corrected chi connectivity index (χ0v) is 12.6. The second-order valence-corrected chi connectivity index (χ2v) is 6.79. The van der Waals surface area contributed by atoms with Crippen LogP contribution >= 0.6 is 8.92 Å². The molecule has 0 unspecified atom stereocenters. The molecule has 2 nitrogen and oxygen atoms in total. The Hall–Kier alpha value is -0.0913. The van der Waals surface area contributed by atoms with Gasteiger partial charge in [0, 0.05) is 0 Å². The molecule has 0 spiro atoms. The van der Waals surface area contributed by atoms with Crippen LogP contribution in [0.5, 0.6) is 0 Å². The Morgan fingerprint density at radius 1 is 1.00 bits per heavy atom. The first-order valence-electron chi connectivity index (χ1n) is 4.42. The molecule has 1 aromatic carbocycles. The van der Waals surface area contributed by atoms with E-state index in [0.717, 1.165) is 0 Å². The quantitative estimate of drug-likeness (QED) is 0.776. The van der Waals surface area contributed by atoms with E-state index in [-0.39, 0.29) is 0 Å². The summed E-state index contributed by atoms with van der Waals surface area (Å²) in [5, 5.41) is 0. The Morgan fingerprint density at radius 3 is 1.71 bits per heavy atom. The number of halogens is 1. The van der Waals surface area contributed by atoms with Crippen LogP contribution in [0.3, 0.4) is 0 Å². The first-order valence-corrected chi connectivity index (χ1v) is 9.46. The van der Waals surface area contributed by atoms with Gasteiger partial charge in [-0.05, 0) is 0 Å². The molecule has 14 heavy (non-hydrogen) atoms. The molecule has 0 N–H and O–H groups in total. The standard InChI is InChI=1S/C10H15N2.ClH.Sn/c1-11(2)9-6-5-7-10(8-9)12(3)4;;/h5-7H,1-4H3;1H;/q;;+1/p-1. The van der Waals surface area contributed by atoms with Gasteiger partial charge in [-0.25, -0.2) is 0 Å². The van der Waals surface area contributed by atoms with Gasteiger partial charge in [0.15, 0.2) is 0 Å². The van der Waals surface area contributed by atoms with Crippen molar-refractivity contribution in [3.05, 3.63) is 18.2 Å². The average molecular weight is 317 g/mol. The summed E-state index contributed by atoms with van der Waals surface area (Å²) in [5.74, 6) is 0. The molecule has 0 amide bonds. The molecule has 0 aliphatic carbocycles. The van der Waals surface area contributed by atoms with E-state index in [0.29, 0.717) is 0 Å². The van der Waals surface area contributed by atoms with Gasteiger partial charge in [-0.15, -0.1) is 0 Å². The molecule has 0 aromatic heterocycles. The van der Waals surface area contributed by atoms with Crippen molar-refractivity contribution in [1.29, 1.82) is 0 Å². The van der Waals surface area contributed by atoms with Crippen LogP contribution in [0.25, 0.3) is 0 Å². The van der Waals surface area contributed by atoms with E-state index in [9.17, 15) is 0 Å². The van der Waals surface area contributed by atoms with Crippen LogP contribution in [-0.4, -0.2) is 48.2 Å². The zero-order chi connectivity index (χ0) is 10.7. The molecule has 1 aromatic rings. The minimum absolute atomic E-state index is 0.934. The van der Waals surface area contributed by atoms with Crippen molar-refractivity contribution in [2.45, 2.75) is 0 Å². The van der Waals surface area contributed by atoms with E-state index in [1.165, 1.54) is 15.0 Å². The predicted octanol–water partition coefficient (Wildman–Crippen LogP) is 1.30. The number of nitrogens with zero attached hydrogens (tertiary/aromatic N) is 2. The molecule has 0 saturated heterocycles. The van der Waals surface area contributed by atoms with Gasteiger partial charge in [-0.3, -0.25) is 0 Å². The first kappa shape index (κ1) is 12.0. The predicted molar refractivity (Wildman–Crippen MR) is 66.3 cm³/mol. The van der Waals surface area contributed by atoms with Crippen LogP contribution < -0.4 is 13.4 Å². The van der Waals surface area contributed by atoms with Gasteiger partial charge in [-0.1, -0.05) is 0 Å². The molecule has 0 saturated carbocycles. The molecule has 0 heterocycles. The Morgan fingerprint density at radius 2 is 1.43 bits per heavy atom. The molecule has 2 radical (unpaired) electrons. The van der Waals surface area contributed by atoms with Crippen molar-refractivity contribution < 1.29 is 0 Å². The summed E-state index contributed by atoms with van der Waals surface area (Å²) in [6.07, 6.45) is 0. The fourth-order valence-electron chi connectivity index (χ4n) is 1.37. The molecule has 0 aliphatic rings. The maximum atomic E-state index is 6.14. The van der Waals surface area contributed by atoms with Crippen molar-refractivity contribution in [3.63, 3.8) is 0 Å². The summed E-state index contributed by atoms with van der Waals surface area (Å²) >= 11 is -0.934. The van der Waals surface area contributed by atoms with E-state index in [2.05, 4.69) is 56.2 Å². The van der Waals surface area contributed by atoms with E-state index < -0.39 is 20.0 Å². The van der Waals surface area contributed by atoms with E-state index in [4.69, 9.17) is 8.92 Å². The molecule has 0 atom stereocenters. The summed E-state index contributed by atoms with van der Waals surface area (Å²) in [6.45, 7) is 0. The van der Waals surface area contributed by atoms with Crippen LogP contribution in [0, 0.1) is 0 Å². The molecule has 0 bridgehead atoms. The molecule has 76 valence electrons. The maximum absolute atomic E-state index is 6.14. The Kier molecular flexibility index (Phi) is 4.38. The summed E-state index contributed by atoms with van der Waals surface area (Å²) in [5.41, 5.74) is 2.52. The summed E-state index contributed by atoms with van der Waals surface area (Å²) < 4.78 is 1.35. The van der Waals surface area contributed by atoms with Crippen molar-refractivity contribution in [2.24, 2.45) is 0 Å². The Bertz CT molecular complexity index is 287. The zero-order valence-electron chi connectivity index (χ0n) is 9.00. The van der Waals surface area contributed by atoms with E-state index in [1.807, 2.05) is 0 Å². The minimum atomic E-state index is -0.934. The van der Waals surface area contributed by atoms with Crippen LogP contribution in [0.15, 0.2) is 18.2 Å². The van der Waals surface area contributed by atoms with Gasteiger partial charge >= 0.3 is 100 Å². The van der Waals surface area contributed by atoms with Crippen molar-refractivity contribution in [1.82, 2.24) is 0 Å². The van der Waals surface area contributed by atoms with Crippen LogP contribution in [0.1, 0.15) is 0 Å². The van der Waals surface area contributed by atoms with Gasteiger partial charge in [-0.2, -0.15) is 0 Å². The number of hydrogen-bond acceptors (Lipinski definition) is 2. The summed E-state index contributed by atoms with van der Waals surface area (Å²) in [7, 11) is 14.4. The molecule has 4 heteroatoms. The van der Waals surface area contributed by atoms with E-state index in [1.54, 1.807) is 0 Å². The molecular weight excluding hydrogens is 302 g/mol. The number of benzene rings is 1. The second kappa shape index (κ2) is 5.12. The molecule has 1 rings (SSSR count). The SMILES string of the molecule is CN(C)c1cccc(N(C)C)[c]1[Sn][Cl].